The van der Waals surface area contributed by atoms with E-state index < -0.39 is 0 Å². The third kappa shape index (κ3) is 4.33. The molecule has 1 rings (SSSR count). The fourth-order valence-corrected chi connectivity index (χ4v) is 1.98. The summed E-state index contributed by atoms with van der Waals surface area (Å²) >= 11 is 1.88. The average molecular weight is 200 g/mol. The molecule has 0 spiro atoms. The van der Waals surface area contributed by atoms with Crippen LogP contribution in [0.15, 0.2) is 12.4 Å². The third-order valence-electron chi connectivity index (χ3n) is 1.74. The summed E-state index contributed by atoms with van der Waals surface area (Å²) in [5.41, 5.74) is 1.29. The van der Waals surface area contributed by atoms with Crippen molar-refractivity contribution < 1.29 is 5.11 Å². The van der Waals surface area contributed by atoms with Crippen LogP contribution in [0, 0.1) is 0 Å². The summed E-state index contributed by atoms with van der Waals surface area (Å²) < 4.78 is 1.83. The maximum Gasteiger partial charge on any atom is 0.0521 e. The van der Waals surface area contributed by atoms with Gasteiger partial charge in [-0.15, -0.1) is 0 Å². The van der Waals surface area contributed by atoms with Gasteiger partial charge in [-0.3, -0.25) is 4.68 Å². The number of rotatable bonds is 6. The highest BCUT2D eigenvalue weighted by molar-refractivity contribution is 7.99. The molecule has 0 bridgehead atoms. The van der Waals surface area contributed by atoms with Gasteiger partial charge in [-0.1, -0.05) is 0 Å². The van der Waals surface area contributed by atoms with Crippen molar-refractivity contribution in [2.24, 2.45) is 7.05 Å². The molecule has 1 heterocycles. The van der Waals surface area contributed by atoms with Gasteiger partial charge in [-0.2, -0.15) is 16.9 Å². The zero-order chi connectivity index (χ0) is 9.52. The van der Waals surface area contributed by atoms with Crippen LogP contribution in [0.4, 0.5) is 0 Å². The first kappa shape index (κ1) is 10.6. The number of hydrogen-bond donors (Lipinski definition) is 1. The molecule has 1 aromatic heterocycles. The van der Waals surface area contributed by atoms with Gasteiger partial charge < -0.3 is 5.11 Å². The van der Waals surface area contributed by atoms with Gasteiger partial charge >= 0.3 is 0 Å². The Morgan fingerprint density at radius 2 is 2.38 bits per heavy atom. The molecule has 4 heteroatoms. The lowest BCUT2D eigenvalue weighted by atomic mass is 10.3. The Balaban J connectivity index is 2.06. The third-order valence-corrected chi connectivity index (χ3v) is 2.81. The van der Waals surface area contributed by atoms with Crippen LogP contribution >= 0.6 is 11.8 Å². The highest BCUT2D eigenvalue weighted by Crippen LogP contribution is 2.06. The van der Waals surface area contributed by atoms with Gasteiger partial charge in [0.15, 0.2) is 0 Å². The normalized spacial score (nSPS) is 10.6. The van der Waals surface area contributed by atoms with Crippen molar-refractivity contribution in [1.82, 2.24) is 9.78 Å². The summed E-state index contributed by atoms with van der Waals surface area (Å²) in [6.45, 7) is 0.305. The highest BCUT2D eigenvalue weighted by atomic mass is 32.2. The quantitative estimate of drug-likeness (QED) is 0.698. The lowest BCUT2D eigenvalue weighted by Crippen LogP contribution is -1.91. The summed E-state index contributed by atoms with van der Waals surface area (Å²) in [5.74, 6) is 2.17. The SMILES string of the molecule is Cn1cc(CCSCCCO)cn1. The minimum atomic E-state index is 0.305. The van der Waals surface area contributed by atoms with Gasteiger partial charge in [0, 0.05) is 19.9 Å². The number of nitrogens with zero attached hydrogens (tertiary/aromatic N) is 2. The van der Waals surface area contributed by atoms with Gasteiger partial charge in [0.05, 0.1) is 6.20 Å². The lowest BCUT2D eigenvalue weighted by Gasteiger charge is -1.97. The van der Waals surface area contributed by atoms with E-state index >= 15 is 0 Å². The van der Waals surface area contributed by atoms with Crippen LogP contribution in [-0.4, -0.2) is 33.0 Å². The molecule has 0 saturated carbocycles. The van der Waals surface area contributed by atoms with Crippen molar-refractivity contribution in [2.75, 3.05) is 18.1 Å². The molecule has 0 unspecified atom stereocenters. The largest absolute Gasteiger partial charge is 0.396 e. The molecule has 0 saturated heterocycles. The topological polar surface area (TPSA) is 38.0 Å². The molecule has 0 radical (unpaired) electrons. The Morgan fingerprint density at radius 1 is 1.54 bits per heavy atom. The first-order valence-electron chi connectivity index (χ1n) is 4.49. The van der Waals surface area contributed by atoms with Crippen LogP contribution in [0.3, 0.4) is 0 Å². The van der Waals surface area contributed by atoms with Crippen molar-refractivity contribution >= 4 is 11.8 Å². The van der Waals surface area contributed by atoms with Crippen LogP contribution in [-0.2, 0) is 13.5 Å². The Hall–Kier alpha value is -0.480. The van der Waals surface area contributed by atoms with Crippen LogP contribution in [0.1, 0.15) is 12.0 Å². The number of aryl methyl sites for hydroxylation is 2. The Kier molecular flexibility index (Phi) is 4.93. The molecule has 0 aliphatic rings. The molecule has 0 aromatic carbocycles. The van der Waals surface area contributed by atoms with Gasteiger partial charge in [0.1, 0.15) is 0 Å². The van der Waals surface area contributed by atoms with Crippen LogP contribution in [0.25, 0.3) is 0 Å². The second-order valence-corrected chi connectivity index (χ2v) is 4.19. The van der Waals surface area contributed by atoms with Crippen LogP contribution in [0.5, 0.6) is 0 Å². The Bertz CT molecular complexity index is 237. The van der Waals surface area contributed by atoms with Gasteiger partial charge in [-0.05, 0) is 29.9 Å². The maximum absolute atomic E-state index is 8.56. The van der Waals surface area contributed by atoms with E-state index in [9.17, 15) is 0 Å². The number of aromatic nitrogens is 2. The zero-order valence-corrected chi connectivity index (χ0v) is 8.76. The summed E-state index contributed by atoms with van der Waals surface area (Å²) in [7, 11) is 1.93. The van der Waals surface area contributed by atoms with Crippen LogP contribution in [0.2, 0.25) is 0 Å². The summed E-state index contributed by atoms with van der Waals surface area (Å²) in [4.78, 5) is 0. The minimum Gasteiger partial charge on any atom is -0.396 e. The van der Waals surface area contributed by atoms with Gasteiger partial charge in [-0.25, -0.2) is 0 Å². The van der Waals surface area contributed by atoms with E-state index in [4.69, 9.17) is 5.11 Å². The highest BCUT2D eigenvalue weighted by Gasteiger charge is 1.95. The molecule has 1 N–H and O–H groups in total. The average Bonchev–Trinajstić information content (AvgIpc) is 2.51. The second-order valence-electron chi connectivity index (χ2n) is 2.96. The van der Waals surface area contributed by atoms with Crippen molar-refractivity contribution in [3.8, 4) is 0 Å². The fraction of sp³-hybridized carbons (Fsp3) is 0.667. The van der Waals surface area contributed by atoms with E-state index in [-0.39, 0.29) is 0 Å². The van der Waals surface area contributed by atoms with Crippen molar-refractivity contribution in [2.45, 2.75) is 12.8 Å². The van der Waals surface area contributed by atoms with Crippen LogP contribution < -0.4 is 0 Å². The van der Waals surface area contributed by atoms with Crippen molar-refractivity contribution in [3.63, 3.8) is 0 Å². The van der Waals surface area contributed by atoms with E-state index in [1.807, 2.05) is 35.9 Å². The molecular weight excluding hydrogens is 184 g/mol. The number of aliphatic hydroxyl groups excluding tert-OH is 1. The predicted molar refractivity (Wildman–Crippen MR) is 55.9 cm³/mol. The molecule has 74 valence electrons. The number of hydrogen-bond acceptors (Lipinski definition) is 3. The molecule has 0 aliphatic carbocycles. The summed E-state index contributed by atoms with van der Waals surface area (Å²) in [5, 5.41) is 12.7. The smallest absolute Gasteiger partial charge is 0.0521 e. The van der Waals surface area contributed by atoms with E-state index in [2.05, 4.69) is 5.10 Å². The predicted octanol–water partition coefficient (Wildman–Crippen LogP) is 1.08. The molecule has 0 fully saturated rings. The number of aliphatic hydroxyl groups is 1. The van der Waals surface area contributed by atoms with E-state index in [1.54, 1.807) is 0 Å². The van der Waals surface area contributed by atoms with Gasteiger partial charge in [0.25, 0.3) is 0 Å². The van der Waals surface area contributed by atoms with E-state index in [1.165, 1.54) is 5.56 Å². The summed E-state index contributed by atoms with van der Waals surface area (Å²) in [6, 6.07) is 0. The molecule has 0 amide bonds. The lowest BCUT2D eigenvalue weighted by molar-refractivity contribution is 0.296. The first-order chi connectivity index (χ1) is 6.33. The Morgan fingerprint density at radius 3 is 3.00 bits per heavy atom. The fourth-order valence-electron chi connectivity index (χ4n) is 1.06. The monoisotopic (exact) mass is 200 g/mol. The summed E-state index contributed by atoms with van der Waals surface area (Å²) in [6.07, 6.45) is 5.93. The molecule has 0 aliphatic heterocycles. The second kappa shape index (κ2) is 6.05. The molecule has 0 atom stereocenters. The van der Waals surface area contributed by atoms with Crippen molar-refractivity contribution in [1.29, 1.82) is 0 Å². The molecule has 1 aromatic rings. The zero-order valence-electron chi connectivity index (χ0n) is 7.94. The van der Waals surface area contributed by atoms with Crippen molar-refractivity contribution in [3.05, 3.63) is 18.0 Å². The number of thioether (sulfide) groups is 1. The maximum atomic E-state index is 8.56. The molecule has 13 heavy (non-hydrogen) atoms. The van der Waals surface area contributed by atoms with E-state index in [0.29, 0.717) is 6.61 Å². The molecular formula is C9H16N2OS. The first-order valence-corrected chi connectivity index (χ1v) is 5.64. The standard InChI is InChI=1S/C9H16N2OS/c1-11-8-9(7-10-11)3-6-13-5-2-4-12/h7-8,12H,2-6H2,1H3. The van der Waals surface area contributed by atoms with Gasteiger partial charge in [0.2, 0.25) is 0 Å². The minimum absolute atomic E-state index is 0.305. The Labute approximate surface area is 83.1 Å². The van der Waals surface area contributed by atoms with E-state index in [0.717, 1.165) is 24.3 Å². The molecule has 3 nitrogen and oxygen atoms in total.